The average Bonchev–Trinajstić information content (AvgIpc) is 2.80. The molecule has 0 saturated heterocycles. The van der Waals surface area contributed by atoms with Crippen LogP contribution >= 0.6 is 0 Å². The number of fused-ring (bicyclic) bond motifs is 10. The van der Waals surface area contributed by atoms with Crippen LogP contribution in [-0.4, -0.2) is 0 Å². The summed E-state index contributed by atoms with van der Waals surface area (Å²) in [4.78, 5) is 0. The molecule has 0 heteroatoms. The van der Waals surface area contributed by atoms with Gasteiger partial charge in [-0.1, -0.05) is 118 Å². The van der Waals surface area contributed by atoms with Gasteiger partial charge in [0.2, 0.25) is 0 Å². The minimum Gasteiger partial charge on any atom is -0.0656 e. The Kier molecular flexibility index (Phi) is 12.0. The summed E-state index contributed by atoms with van der Waals surface area (Å²) in [7, 11) is 0. The van der Waals surface area contributed by atoms with E-state index in [1.165, 1.54) is 12.8 Å². The van der Waals surface area contributed by atoms with Crippen LogP contribution < -0.4 is 0 Å². The van der Waals surface area contributed by atoms with E-state index in [1.54, 1.807) is 116 Å². The highest BCUT2D eigenvalue weighted by Crippen LogP contribution is 2.49. The molecular weight excluding hydrogens is 384 g/mol. The van der Waals surface area contributed by atoms with Gasteiger partial charge >= 0.3 is 0 Å². The van der Waals surface area contributed by atoms with Gasteiger partial charge in [-0.15, -0.1) is 0 Å². The third-order valence-corrected chi connectivity index (χ3v) is 9.96. The molecule has 5 aliphatic rings. The Morgan fingerprint density at radius 3 is 0.781 bits per heavy atom. The van der Waals surface area contributed by atoms with Crippen LogP contribution in [0.25, 0.3) is 0 Å². The summed E-state index contributed by atoms with van der Waals surface area (Å²) in [6.07, 6.45) is 31.2. The van der Waals surface area contributed by atoms with E-state index < -0.39 is 0 Å². The molecule has 0 amide bonds. The van der Waals surface area contributed by atoms with E-state index in [0.29, 0.717) is 0 Å². The molecule has 5 fully saturated rings. The predicted octanol–water partition coefficient (Wildman–Crippen LogP) is 10.8. The van der Waals surface area contributed by atoms with Crippen LogP contribution in [0.2, 0.25) is 0 Å². The van der Waals surface area contributed by atoms with Gasteiger partial charge in [0.15, 0.2) is 0 Å². The van der Waals surface area contributed by atoms with Gasteiger partial charge in [-0.3, -0.25) is 0 Å². The molecule has 188 valence electrons. The van der Waals surface area contributed by atoms with Crippen molar-refractivity contribution in [3.8, 4) is 0 Å². The monoisotopic (exact) mass is 444 g/mol. The summed E-state index contributed by atoms with van der Waals surface area (Å²) in [5.74, 6) is 8.94. The lowest BCUT2D eigenvalue weighted by Gasteiger charge is -2.44. The van der Waals surface area contributed by atoms with Crippen LogP contribution in [0, 0.1) is 47.3 Å². The fourth-order valence-corrected chi connectivity index (χ4v) is 8.84. The zero-order valence-corrected chi connectivity index (χ0v) is 22.8. The first kappa shape index (κ1) is 26.6. The molecule has 5 saturated carbocycles. The quantitative estimate of drug-likeness (QED) is 0.348. The van der Waals surface area contributed by atoms with E-state index in [1.807, 2.05) is 0 Å². The molecular formula is C32H60. The van der Waals surface area contributed by atoms with Crippen LogP contribution in [0.1, 0.15) is 156 Å². The minimum absolute atomic E-state index is 1.11. The zero-order valence-electron chi connectivity index (χ0n) is 22.8. The molecule has 5 rings (SSSR count). The fourth-order valence-electron chi connectivity index (χ4n) is 8.84. The first-order valence-corrected chi connectivity index (χ1v) is 15.7. The van der Waals surface area contributed by atoms with Crippen molar-refractivity contribution in [1.29, 1.82) is 0 Å². The van der Waals surface area contributed by atoms with E-state index in [2.05, 4.69) is 27.7 Å². The van der Waals surface area contributed by atoms with E-state index >= 15 is 0 Å². The van der Waals surface area contributed by atoms with Crippen molar-refractivity contribution in [3.63, 3.8) is 0 Å². The third-order valence-electron chi connectivity index (χ3n) is 9.96. The second kappa shape index (κ2) is 14.4. The molecule has 8 atom stereocenters. The molecule has 32 heavy (non-hydrogen) atoms. The largest absolute Gasteiger partial charge is 0.0656 e. The molecule has 0 aromatic carbocycles. The van der Waals surface area contributed by atoms with Gasteiger partial charge < -0.3 is 0 Å². The fraction of sp³-hybridized carbons (Fsp3) is 1.00. The Hall–Kier alpha value is 0. The van der Waals surface area contributed by atoms with Gasteiger partial charge in [-0.2, -0.15) is 0 Å². The lowest BCUT2D eigenvalue weighted by molar-refractivity contribution is 0.0722. The molecule has 0 N–H and O–H groups in total. The summed E-state index contributed by atoms with van der Waals surface area (Å²) in [5.41, 5.74) is 0. The highest BCUT2D eigenvalue weighted by atomic mass is 14.4. The molecule has 0 aromatic heterocycles. The normalized spacial score (nSPS) is 41.6. The topological polar surface area (TPSA) is 0 Å². The predicted molar refractivity (Wildman–Crippen MR) is 143 cm³/mol. The summed E-state index contributed by atoms with van der Waals surface area (Å²) in [6, 6.07) is 0. The van der Waals surface area contributed by atoms with E-state index in [0.717, 1.165) is 47.3 Å². The standard InChI is InChI=1S/C26H44.2C3H8/c1-5-19-13-20-6-3-11-25(17-20)26-12-4-8-22(18-26)14-21-7-2-10-24(16-21)23(9-1)15-19;2*1-3-2/h19-26H,1-18H2;2*3H2,1-2H3. The molecule has 0 nitrogen and oxygen atoms in total. The van der Waals surface area contributed by atoms with Gasteiger partial charge in [0.1, 0.15) is 0 Å². The van der Waals surface area contributed by atoms with Crippen molar-refractivity contribution in [2.45, 2.75) is 156 Å². The number of rotatable bonds is 0. The SMILES string of the molecule is C1CC2CC3CCCC(C3)C3CCCC(CC4CCCC(C4)C(C1)C2)C3.CCC.CCC. The molecule has 8 bridgehead atoms. The molecule has 5 aliphatic carbocycles. The third kappa shape index (κ3) is 8.05. The summed E-state index contributed by atoms with van der Waals surface area (Å²) in [6.45, 7) is 8.50. The summed E-state index contributed by atoms with van der Waals surface area (Å²) >= 11 is 0. The van der Waals surface area contributed by atoms with Crippen LogP contribution in [0.15, 0.2) is 0 Å². The molecule has 0 spiro atoms. The van der Waals surface area contributed by atoms with Crippen molar-refractivity contribution in [1.82, 2.24) is 0 Å². The molecule has 0 radical (unpaired) electrons. The second-order valence-electron chi connectivity index (χ2n) is 13.1. The molecule has 0 aromatic rings. The zero-order chi connectivity index (χ0) is 22.8. The van der Waals surface area contributed by atoms with Crippen molar-refractivity contribution in [2.24, 2.45) is 47.3 Å². The van der Waals surface area contributed by atoms with Crippen LogP contribution in [-0.2, 0) is 0 Å². The van der Waals surface area contributed by atoms with Crippen molar-refractivity contribution >= 4 is 0 Å². The maximum atomic E-state index is 2.12. The lowest BCUT2D eigenvalue weighted by Crippen LogP contribution is -2.32. The number of hydrogen-bond acceptors (Lipinski definition) is 0. The maximum Gasteiger partial charge on any atom is -0.0383 e. The lowest BCUT2D eigenvalue weighted by atomic mass is 9.61. The highest BCUT2D eigenvalue weighted by Gasteiger charge is 2.37. The maximum absolute atomic E-state index is 2.12. The van der Waals surface area contributed by atoms with Crippen molar-refractivity contribution < 1.29 is 0 Å². The molecule has 0 aliphatic heterocycles. The van der Waals surface area contributed by atoms with Gasteiger partial charge in [0.25, 0.3) is 0 Å². The Labute approximate surface area is 203 Å². The van der Waals surface area contributed by atoms with Gasteiger partial charge in [0, 0.05) is 0 Å². The van der Waals surface area contributed by atoms with Gasteiger partial charge in [0.05, 0.1) is 0 Å². The van der Waals surface area contributed by atoms with Crippen LogP contribution in [0.4, 0.5) is 0 Å². The first-order chi connectivity index (χ1) is 15.7. The van der Waals surface area contributed by atoms with E-state index in [9.17, 15) is 0 Å². The number of hydrogen-bond donors (Lipinski definition) is 0. The van der Waals surface area contributed by atoms with Gasteiger partial charge in [-0.25, -0.2) is 0 Å². The average molecular weight is 445 g/mol. The summed E-state index contributed by atoms with van der Waals surface area (Å²) in [5, 5.41) is 0. The van der Waals surface area contributed by atoms with Crippen molar-refractivity contribution in [3.05, 3.63) is 0 Å². The minimum atomic E-state index is 1.11. The Bertz CT molecular complexity index is 396. The van der Waals surface area contributed by atoms with Crippen molar-refractivity contribution in [2.75, 3.05) is 0 Å². The van der Waals surface area contributed by atoms with Crippen LogP contribution in [0.5, 0.6) is 0 Å². The molecule has 0 heterocycles. The van der Waals surface area contributed by atoms with E-state index in [-0.39, 0.29) is 0 Å². The van der Waals surface area contributed by atoms with E-state index in [4.69, 9.17) is 0 Å². The smallest absolute Gasteiger partial charge is 0.0383 e. The first-order valence-electron chi connectivity index (χ1n) is 15.7. The van der Waals surface area contributed by atoms with Gasteiger partial charge in [-0.05, 0) is 85.9 Å². The highest BCUT2D eigenvalue weighted by molar-refractivity contribution is 4.89. The Morgan fingerprint density at radius 2 is 0.562 bits per heavy atom. The Balaban J connectivity index is 0.000000437. The Morgan fingerprint density at radius 1 is 0.344 bits per heavy atom. The molecule has 8 unspecified atom stereocenters. The van der Waals surface area contributed by atoms with Crippen LogP contribution in [0.3, 0.4) is 0 Å². The summed E-state index contributed by atoms with van der Waals surface area (Å²) < 4.78 is 0. The second-order valence-corrected chi connectivity index (χ2v) is 13.1.